The summed E-state index contributed by atoms with van der Waals surface area (Å²) in [7, 11) is 3.42. The van der Waals surface area contributed by atoms with Crippen molar-refractivity contribution >= 4 is 28.5 Å². The average Bonchev–Trinajstić information content (AvgIpc) is 3.49. The molecule has 2 aromatic rings. The number of aryl methyl sites for hydroxylation is 1. The molecule has 1 aromatic carbocycles. The van der Waals surface area contributed by atoms with Crippen molar-refractivity contribution in [2.45, 2.75) is 30.6 Å². The number of nitrogens with zero attached hydrogens (tertiary/aromatic N) is 4. The van der Waals surface area contributed by atoms with Crippen LogP contribution in [0.15, 0.2) is 35.5 Å². The molecule has 1 aromatic heterocycles. The molecule has 32 heavy (non-hydrogen) atoms. The maximum absolute atomic E-state index is 15.0. The van der Waals surface area contributed by atoms with Gasteiger partial charge in [0.25, 0.3) is 0 Å². The van der Waals surface area contributed by atoms with Gasteiger partial charge >= 0.3 is 0 Å². The van der Waals surface area contributed by atoms with Crippen molar-refractivity contribution in [1.82, 2.24) is 9.88 Å². The van der Waals surface area contributed by atoms with Crippen LogP contribution in [0.4, 0.5) is 10.1 Å². The van der Waals surface area contributed by atoms with E-state index in [1.165, 1.54) is 24.0 Å². The molecule has 2 aliphatic rings. The van der Waals surface area contributed by atoms with Gasteiger partial charge in [0.05, 0.1) is 12.1 Å². The zero-order valence-electron chi connectivity index (χ0n) is 18.2. The van der Waals surface area contributed by atoms with Crippen molar-refractivity contribution in [2.24, 2.45) is 16.6 Å². The average molecular weight is 448 g/mol. The first-order valence-electron chi connectivity index (χ1n) is 10.0. The minimum atomic E-state index is -0.964. The van der Waals surface area contributed by atoms with Crippen molar-refractivity contribution in [3.05, 3.63) is 70.1 Å². The predicted molar refractivity (Wildman–Crippen MR) is 124 cm³/mol. The normalized spacial score (nSPS) is 25.5. The lowest BCUT2D eigenvalue weighted by atomic mass is 9.84. The summed E-state index contributed by atoms with van der Waals surface area (Å²) in [5.41, 5.74) is 7.94. The fourth-order valence-corrected chi connectivity index (χ4v) is 5.81. The van der Waals surface area contributed by atoms with Crippen molar-refractivity contribution < 1.29 is 9.18 Å². The molecular formula is C24H22FN5OS. The summed E-state index contributed by atoms with van der Waals surface area (Å²) in [4.78, 5) is 26.6. The van der Waals surface area contributed by atoms with Crippen molar-refractivity contribution in [3.63, 3.8) is 0 Å². The number of fused-ring (bicyclic) bond motifs is 1. The number of pyridine rings is 1. The number of carbonyl (C=O) groups excluding carboxylic acids is 1. The van der Waals surface area contributed by atoms with Gasteiger partial charge in [-0.1, -0.05) is 17.7 Å². The van der Waals surface area contributed by atoms with Crippen LogP contribution >= 0.6 is 11.8 Å². The molecule has 3 atom stereocenters. The summed E-state index contributed by atoms with van der Waals surface area (Å²) in [5, 5.41) is 0.284. The molecule has 0 bridgehead atoms. The highest BCUT2D eigenvalue weighted by Gasteiger charge is 2.71. The molecule has 1 aliphatic carbocycles. The van der Waals surface area contributed by atoms with Crippen molar-refractivity contribution in [2.75, 3.05) is 14.1 Å². The summed E-state index contributed by atoms with van der Waals surface area (Å²) in [6.45, 7) is 10.7. The minimum absolute atomic E-state index is 0.0302. The van der Waals surface area contributed by atoms with Gasteiger partial charge in [-0.25, -0.2) is 9.24 Å². The minimum Gasteiger partial charge on any atom is -0.378 e. The lowest BCUT2D eigenvalue weighted by Crippen LogP contribution is -2.43. The second-order valence-electron chi connectivity index (χ2n) is 8.46. The van der Waals surface area contributed by atoms with Crippen LogP contribution in [0, 0.1) is 37.1 Å². The lowest BCUT2D eigenvalue weighted by molar-refractivity contribution is -0.129. The number of hydrogen-bond acceptors (Lipinski definition) is 5. The Hall–Kier alpha value is -3.36. The summed E-state index contributed by atoms with van der Waals surface area (Å²) < 4.78 is 14.3. The van der Waals surface area contributed by atoms with Crippen molar-refractivity contribution in [3.8, 4) is 11.8 Å². The molecule has 0 saturated heterocycles. The van der Waals surface area contributed by atoms with Gasteiger partial charge in [0.2, 0.25) is 11.6 Å². The number of carbonyl (C=O) groups is 1. The van der Waals surface area contributed by atoms with Gasteiger partial charge in [-0.2, -0.15) is 0 Å². The molecule has 2 heterocycles. The Balaban J connectivity index is 1.72. The second-order valence-corrected chi connectivity index (χ2v) is 9.81. The van der Waals surface area contributed by atoms with Crippen LogP contribution in [0.1, 0.15) is 35.7 Å². The molecule has 8 heteroatoms. The topological polar surface area (TPSA) is 75.9 Å². The van der Waals surface area contributed by atoms with E-state index in [1.807, 2.05) is 13.8 Å². The van der Waals surface area contributed by atoms with Gasteiger partial charge in [0, 0.05) is 37.3 Å². The van der Waals surface area contributed by atoms with E-state index in [4.69, 9.17) is 12.3 Å². The SMILES string of the molecule is [C-]#[N+]c1cnc(C#Cc2ccc(F)c([C@@]3(C)N=C(N)S[C@@]4(C(=O)N(C)C)C[C@H]43)c2)c(C)c1. The Bertz CT molecular complexity index is 1270. The van der Waals surface area contributed by atoms with E-state index in [9.17, 15) is 4.79 Å². The van der Waals surface area contributed by atoms with Gasteiger partial charge in [-0.05, 0) is 56.0 Å². The largest absolute Gasteiger partial charge is 0.378 e. The molecule has 1 saturated carbocycles. The second kappa shape index (κ2) is 7.65. The van der Waals surface area contributed by atoms with E-state index in [-0.39, 0.29) is 17.0 Å². The van der Waals surface area contributed by atoms with Gasteiger partial charge in [-0.15, -0.1) is 0 Å². The van der Waals surface area contributed by atoms with E-state index >= 15 is 4.39 Å². The summed E-state index contributed by atoms with van der Waals surface area (Å²) in [5.74, 6) is 5.44. The summed E-state index contributed by atoms with van der Waals surface area (Å²) in [6, 6.07) is 6.39. The monoisotopic (exact) mass is 447 g/mol. The maximum atomic E-state index is 15.0. The number of benzene rings is 1. The van der Waals surface area contributed by atoms with Gasteiger partial charge in [0.1, 0.15) is 16.3 Å². The van der Waals surface area contributed by atoms with Gasteiger partial charge < -0.3 is 10.6 Å². The number of thioether (sulfide) groups is 1. The summed E-state index contributed by atoms with van der Waals surface area (Å²) in [6.07, 6.45) is 2.06. The number of halogens is 1. The first-order chi connectivity index (χ1) is 15.1. The fourth-order valence-electron chi connectivity index (χ4n) is 4.31. The van der Waals surface area contributed by atoms with Crippen LogP contribution in [-0.4, -0.2) is 39.8 Å². The molecule has 0 spiro atoms. The number of aliphatic imine (C=N–C) groups is 1. The van der Waals surface area contributed by atoms with E-state index in [0.717, 1.165) is 5.56 Å². The molecule has 1 amide bonds. The van der Waals surface area contributed by atoms with E-state index in [0.29, 0.717) is 28.9 Å². The molecule has 0 unspecified atom stereocenters. The highest BCUT2D eigenvalue weighted by atomic mass is 32.2. The molecule has 1 fully saturated rings. The molecular weight excluding hydrogens is 425 g/mol. The highest BCUT2D eigenvalue weighted by Crippen LogP contribution is 2.66. The van der Waals surface area contributed by atoms with Crippen LogP contribution in [0.3, 0.4) is 0 Å². The Labute approximate surface area is 190 Å². The number of nitrogens with two attached hydrogens (primary N) is 1. The van der Waals surface area contributed by atoms with Crippen LogP contribution in [0.25, 0.3) is 4.85 Å². The number of amidine groups is 1. The van der Waals surface area contributed by atoms with E-state index in [2.05, 4.69) is 26.7 Å². The molecule has 0 radical (unpaired) electrons. The Morgan fingerprint density at radius 2 is 2.12 bits per heavy atom. The smallest absolute Gasteiger partial charge is 0.239 e. The third-order valence-corrected chi connectivity index (χ3v) is 7.31. The predicted octanol–water partition coefficient (Wildman–Crippen LogP) is 3.60. The van der Waals surface area contributed by atoms with Gasteiger partial charge in [-0.3, -0.25) is 14.8 Å². The van der Waals surface area contributed by atoms with Crippen LogP contribution in [-0.2, 0) is 10.3 Å². The summed E-state index contributed by atoms with van der Waals surface area (Å²) >= 11 is 1.28. The molecule has 4 rings (SSSR count). The fraction of sp³-hybridized carbons (Fsp3) is 0.333. The number of hydrogen-bond donors (Lipinski definition) is 1. The number of aromatic nitrogens is 1. The van der Waals surface area contributed by atoms with Crippen LogP contribution in [0.2, 0.25) is 0 Å². The first-order valence-corrected chi connectivity index (χ1v) is 10.8. The Morgan fingerprint density at radius 1 is 1.38 bits per heavy atom. The zero-order valence-corrected chi connectivity index (χ0v) is 19.0. The zero-order chi connectivity index (χ0) is 23.3. The molecule has 1 aliphatic heterocycles. The third-order valence-electron chi connectivity index (χ3n) is 6.02. The molecule has 2 N–H and O–H groups in total. The number of amides is 1. The quantitative estimate of drug-likeness (QED) is 0.564. The highest BCUT2D eigenvalue weighted by molar-refractivity contribution is 8.15. The van der Waals surface area contributed by atoms with E-state index < -0.39 is 16.1 Å². The Kier molecular flexibility index (Phi) is 5.22. The number of rotatable bonds is 2. The van der Waals surface area contributed by atoms with Crippen molar-refractivity contribution in [1.29, 1.82) is 0 Å². The third kappa shape index (κ3) is 3.51. The first kappa shape index (κ1) is 21.9. The maximum Gasteiger partial charge on any atom is 0.239 e. The standard InChI is InChI=1S/C24H22FN5OS/c1-14-10-16(27-3)13-28-19(14)9-7-15-6-8-18(25)17(11-15)23(2)20-12-24(20,21(31)30(4)5)32-22(26)29-23/h6,8,10-11,13,20H,12H2,1-2,4-5H3,(H2,26,29)/t20-,23+,24-/m0/s1. The van der Waals surface area contributed by atoms with Gasteiger partial charge in [0.15, 0.2) is 5.17 Å². The van der Waals surface area contributed by atoms with E-state index in [1.54, 1.807) is 37.2 Å². The molecule has 6 nitrogen and oxygen atoms in total. The van der Waals surface area contributed by atoms with Crippen LogP contribution in [0.5, 0.6) is 0 Å². The molecule has 162 valence electrons. The van der Waals surface area contributed by atoms with Crippen LogP contribution < -0.4 is 5.73 Å². The Morgan fingerprint density at radius 3 is 2.78 bits per heavy atom. The lowest BCUT2D eigenvalue weighted by Gasteiger charge is -2.34.